The Morgan fingerprint density at radius 2 is 1.77 bits per heavy atom. The maximum atomic E-state index is 13.7. The Balaban J connectivity index is 1.68. The maximum absolute atomic E-state index is 13.7. The van der Waals surface area contributed by atoms with Gasteiger partial charge in [-0.1, -0.05) is 25.1 Å². The van der Waals surface area contributed by atoms with Gasteiger partial charge in [0.2, 0.25) is 0 Å². The van der Waals surface area contributed by atoms with Crippen LogP contribution in [-0.2, 0) is 22.6 Å². The van der Waals surface area contributed by atoms with E-state index in [2.05, 4.69) is 5.32 Å². The first-order chi connectivity index (χ1) is 19.0. The zero-order chi connectivity index (χ0) is 29.1. The molecule has 3 aliphatic carbocycles. The second kappa shape index (κ2) is 10.3. The number of ketones is 3. The molecule has 3 aliphatic rings. The zero-order valence-corrected chi connectivity index (χ0v) is 22.2. The first-order valence-corrected chi connectivity index (χ1v) is 13.3. The monoisotopic (exact) mass is 555 g/mol. The molecule has 0 heterocycles. The lowest BCUT2D eigenvalue weighted by Crippen LogP contribution is -2.51. The normalized spacial score (nSPS) is 29.5. The molecule has 214 valence electrons. The van der Waals surface area contributed by atoms with Crippen LogP contribution in [0.3, 0.4) is 0 Å². The SMILES string of the molecule is CNC1CC(OC2CC(O)(C(=O)CO)Cc3c(O)c4c(c(O)c32)C(=O)c2c(CO)cccc2C4=O)CC(C)C1O. The molecule has 2 aromatic carbocycles. The van der Waals surface area contributed by atoms with Crippen LogP contribution in [0.1, 0.15) is 80.8 Å². The van der Waals surface area contributed by atoms with Crippen LogP contribution in [0.4, 0.5) is 0 Å². The summed E-state index contributed by atoms with van der Waals surface area (Å²) in [5.41, 5.74) is -3.21. The number of carbonyl (C=O) groups excluding carboxylic acids is 3. The van der Waals surface area contributed by atoms with Crippen LogP contribution in [0.2, 0.25) is 0 Å². The van der Waals surface area contributed by atoms with Crippen LogP contribution >= 0.6 is 0 Å². The Hall–Kier alpha value is -3.19. The predicted molar refractivity (Wildman–Crippen MR) is 139 cm³/mol. The van der Waals surface area contributed by atoms with Crippen LogP contribution in [-0.4, -0.2) is 85.5 Å². The number of phenolic OH excluding ortho intramolecular Hbond substituents is 2. The molecule has 11 heteroatoms. The van der Waals surface area contributed by atoms with Gasteiger partial charge in [-0.2, -0.15) is 0 Å². The number of phenols is 2. The van der Waals surface area contributed by atoms with E-state index in [0.717, 1.165) is 0 Å². The van der Waals surface area contributed by atoms with Crippen molar-refractivity contribution in [3.8, 4) is 11.5 Å². The fourth-order valence-electron chi connectivity index (χ4n) is 6.56. The maximum Gasteiger partial charge on any atom is 0.198 e. The van der Waals surface area contributed by atoms with Gasteiger partial charge in [0.15, 0.2) is 17.3 Å². The molecule has 1 saturated carbocycles. The molecular formula is C29H33NO10. The van der Waals surface area contributed by atoms with Crippen molar-refractivity contribution >= 4 is 17.3 Å². The third kappa shape index (κ3) is 4.25. The number of benzene rings is 2. The van der Waals surface area contributed by atoms with E-state index in [-0.39, 0.29) is 46.2 Å². The fourth-order valence-corrected chi connectivity index (χ4v) is 6.56. The van der Waals surface area contributed by atoms with Gasteiger partial charge in [0.25, 0.3) is 0 Å². The first kappa shape index (κ1) is 28.3. The van der Waals surface area contributed by atoms with Crippen molar-refractivity contribution in [3.63, 3.8) is 0 Å². The van der Waals surface area contributed by atoms with Crippen LogP contribution in [0.5, 0.6) is 11.5 Å². The minimum absolute atomic E-state index is 0.0301. The number of likely N-dealkylation sites (N-methyl/N-ethyl adjacent to an activating group) is 1. The summed E-state index contributed by atoms with van der Waals surface area (Å²) in [6.45, 7) is 0.333. The Bertz CT molecular complexity index is 1400. The molecule has 11 nitrogen and oxygen atoms in total. The van der Waals surface area contributed by atoms with Gasteiger partial charge in [0.1, 0.15) is 23.7 Å². The molecule has 2 aromatic rings. The van der Waals surface area contributed by atoms with Gasteiger partial charge in [-0.05, 0) is 31.4 Å². The van der Waals surface area contributed by atoms with Gasteiger partial charge in [-0.15, -0.1) is 0 Å². The molecule has 7 N–H and O–H groups in total. The molecule has 0 amide bonds. The molecule has 0 aliphatic heterocycles. The van der Waals surface area contributed by atoms with Crippen molar-refractivity contribution in [1.29, 1.82) is 0 Å². The van der Waals surface area contributed by atoms with E-state index in [9.17, 15) is 45.0 Å². The summed E-state index contributed by atoms with van der Waals surface area (Å²) >= 11 is 0. The van der Waals surface area contributed by atoms with Crippen molar-refractivity contribution in [1.82, 2.24) is 5.32 Å². The van der Waals surface area contributed by atoms with Gasteiger partial charge in [0, 0.05) is 41.1 Å². The lowest BCUT2D eigenvalue weighted by Gasteiger charge is -2.43. The van der Waals surface area contributed by atoms with E-state index in [1.54, 1.807) is 7.05 Å². The molecule has 0 spiro atoms. The van der Waals surface area contributed by atoms with Gasteiger partial charge < -0.3 is 40.7 Å². The van der Waals surface area contributed by atoms with Crippen molar-refractivity contribution in [2.45, 2.75) is 69.2 Å². The van der Waals surface area contributed by atoms with Gasteiger partial charge in [0.05, 0.1) is 36.0 Å². The first-order valence-electron chi connectivity index (χ1n) is 13.3. The summed E-state index contributed by atoms with van der Waals surface area (Å²) in [6, 6.07) is 4.03. The summed E-state index contributed by atoms with van der Waals surface area (Å²) in [5.74, 6) is -3.90. The van der Waals surface area contributed by atoms with Crippen molar-refractivity contribution in [2.24, 2.45) is 5.92 Å². The van der Waals surface area contributed by atoms with Crippen molar-refractivity contribution in [2.75, 3.05) is 13.7 Å². The Kier molecular flexibility index (Phi) is 7.32. The van der Waals surface area contributed by atoms with Crippen LogP contribution < -0.4 is 5.32 Å². The lowest BCUT2D eigenvalue weighted by atomic mass is 9.71. The smallest absolute Gasteiger partial charge is 0.198 e. The molecule has 6 unspecified atom stereocenters. The zero-order valence-electron chi connectivity index (χ0n) is 22.2. The minimum Gasteiger partial charge on any atom is -0.507 e. The molecule has 6 atom stereocenters. The number of rotatable bonds is 6. The van der Waals surface area contributed by atoms with E-state index in [1.165, 1.54) is 18.2 Å². The summed E-state index contributed by atoms with van der Waals surface area (Å²) in [4.78, 5) is 39.9. The largest absolute Gasteiger partial charge is 0.507 e. The molecular weight excluding hydrogens is 522 g/mol. The Labute approximate surface area is 230 Å². The number of Topliss-reactive ketones (excluding diaryl/α,β-unsaturated/α-hetero) is 1. The number of fused-ring (bicyclic) bond motifs is 3. The standard InChI is InChI=1S/C29H33NO10/c1-12-6-14(7-17(30-2)24(12)34)40-18-9-29(39,19(33)11-32)8-16-21(18)28(38)23-22(26(16)36)25(35)15-5-3-4-13(10-31)20(15)27(23)37/h3-5,12,14,17-18,24,30-32,34,36,38-39H,6-11H2,1-2H3. The Morgan fingerprint density at radius 1 is 1.07 bits per heavy atom. The third-order valence-electron chi connectivity index (χ3n) is 8.69. The number of hydrogen-bond acceptors (Lipinski definition) is 11. The van der Waals surface area contributed by atoms with Crippen molar-refractivity contribution in [3.05, 3.63) is 57.1 Å². The average molecular weight is 556 g/mol. The van der Waals surface area contributed by atoms with E-state index in [1.807, 2.05) is 6.92 Å². The second-order valence-electron chi connectivity index (χ2n) is 11.1. The van der Waals surface area contributed by atoms with E-state index in [0.29, 0.717) is 12.8 Å². The Morgan fingerprint density at radius 3 is 2.42 bits per heavy atom. The number of hydrogen-bond donors (Lipinski definition) is 7. The van der Waals surface area contributed by atoms with Gasteiger partial charge in [-0.3, -0.25) is 14.4 Å². The van der Waals surface area contributed by atoms with E-state index >= 15 is 0 Å². The number of nitrogens with one attached hydrogen (secondary N) is 1. The summed E-state index contributed by atoms with van der Waals surface area (Å²) in [6.07, 6.45) is -2.48. The highest BCUT2D eigenvalue weighted by Gasteiger charge is 2.50. The fraction of sp³-hybridized carbons (Fsp3) is 0.483. The van der Waals surface area contributed by atoms with Gasteiger partial charge >= 0.3 is 0 Å². The van der Waals surface area contributed by atoms with Gasteiger partial charge in [-0.25, -0.2) is 0 Å². The highest BCUT2D eigenvalue weighted by Crippen LogP contribution is 2.52. The number of ether oxygens (including phenoxy) is 1. The van der Waals surface area contributed by atoms with Crippen LogP contribution in [0, 0.1) is 5.92 Å². The second-order valence-corrected chi connectivity index (χ2v) is 11.1. The van der Waals surface area contributed by atoms with Crippen molar-refractivity contribution < 1.29 is 49.8 Å². The third-order valence-corrected chi connectivity index (χ3v) is 8.69. The molecule has 40 heavy (non-hydrogen) atoms. The number of carbonyl (C=O) groups is 3. The number of aliphatic hydroxyl groups is 4. The molecule has 0 bridgehead atoms. The highest BCUT2D eigenvalue weighted by atomic mass is 16.5. The lowest BCUT2D eigenvalue weighted by molar-refractivity contribution is -0.151. The predicted octanol–water partition coefficient (Wildman–Crippen LogP) is 0.409. The molecule has 0 radical (unpaired) electrons. The molecule has 0 aromatic heterocycles. The molecule has 1 fully saturated rings. The summed E-state index contributed by atoms with van der Waals surface area (Å²) < 4.78 is 6.35. The number of aromatic hydroxyl groups is 2. The summed E-state index contributed by atoms with van der Waals surface area (Å²) in [7, 11) is 1.70. The quantitative estimate of drug-likeness (QED) is 0.208. The average Bonchev–Trinajstić information content (AvgIpc) is 2.94. The summed E-state index contributed by atoms with van der Waals surface area (Å²) in [5, 5.41) is 67.2. The van der Waals surface area contributed by atoms with E-state index in [4.69, 9.17) is 4.74 Å². The molecule has 0 saturated heterocycles. The van der Waals surface area contributed by atoms with Crippen LogP contribution in [0.15, 0.2) is 18.2 Å². The number of aliphatic hydroxyl groups excluding tert-OH is 3. The minimum atomic E-state index is -2.18. The topological polar surface area (TPSA) is 194 Å². The van der Waals surface area contributed by atoms with Crippen LogP contribution in [0.25, 0.3) is 0 Å². The van der Waals surface area contributed by atoms with E-state index < -0.39 is 83.5 Å². The molecule has 5 rings (SSSR count). The highest BCUT2D eigenvalue weighted by molar-refractivity contribution is 6.31.